The maximum Gasteiger partial charge on any atom is 0.0346 e. The number of benzene rings is 1. The fraction of sp³-hybridized carbons (Fsp3) is 0.500. The number of rotatable bonds is 3. The zero-order valence-electron chi connectivity index (χ0n) is 8.96. The zero-order chi connectivity index (χ0) is 10.1. The molecule has 1 aliphatic rings. The highest BCUT2D eigenvalue weighted by Gasteiger charge is 2.25. The van der Waals surface area contributed by atoms with Crippen molar-refractivity contribution in [2.75, 3.05) is 12.8 Å². The van der Waals surface area contributed by atoms with E-state index in [1.54, 1.807) is 0 Å². The lowest BCUT2D eigenvalue weighted by molar-refractivity contribution is 0.316. The van der Waals surface area contributed by atoms with Crippen LogP contribution in [0.4, 0.5) is 5.69 Å². The van der Waals surface area contributed by atoms with E-state index in [0.717, 1.165) is 18.3 Å². The van der Waals surface area contributed by atoms with Crippen LogP contribution in [0, 0.1) is 6.92 Å². The Kier molecular flexibility index (Phi) is 2.46. The van der Waals surface area contributed by atoms with Gasteiger partial charge in [-0.05, 0) is 44.0 Å². The maximum atomic E-state index is 5.87. The Labute approximate surface area is 85.7 Å². The first-order valence-electron chi connectivity index (χ1n) is 5.22. The van der Waals surface area contributed by atoms with Gasteiger partial charge in [-0.1, -0.05) is 12.1 Å². The molecular weight excluding hydrogens is 172 g/mol. The molecule has 0 heterocycles. The minimum absolute atomic E-state index is 0.817. The number of nitrogen functional groups attached to an aromatic ring is 1. The molecule has 0 radical (unpaired) electrons. The molecule has 0 unspecified atom stereocenters. The Morgan fingerprint density at radius 2 is 2.14 bits per heavy atom. The van der Waals surface area contributed by atoms with Gasteiger partial charge in [0.1, 0.15) is 0 Å². The van der Waals surface area contributed by atoms with Gasteiger partial charge in [-0.3, -0.25) is 4.90 Å². The predicted molar refractivity (Wildman–Crippen MR) is 60.1 cm³/mol. The second-order valence-electron chi connectivity index (χ2n) is 4.34. The molecule has 2 N–H and O–H groups in total. The average molecular weight is 190 g/mol. The molecule has 0 aromatic heterocycles. The highest BCUT2D eigenvalue weighted by atomic mass is 15.1. The summed E-state index contributed by atoms with van der Waals surface area (Å²) >= 11 is 0. The molecule has 1 aromatic carbocycles. The normalized spacial score (nSPS) is 16.2. The molecule has 0 atom stereocenters. The van der Waals surface area contributed by atoms with Crippen LogP contribution in [0.1, 0.15) is 24.0 Å². The van der Waals surface area contributed by atoms with Crippen molar-refractivity contribution in [3.05, 3.63) is 29.3 Å². The van der Waals surface area contributed by atoms with Gasteiger partial charge in [-0.15, -0.1) is 0 Å². The molecule has 2 rings (SSSR count). The van der Waals surface area contributed by atoms with Crippen LogP contribution in [-0.2, 0) is 6.54 Å². The number of hydrogen-bond acceptors (Lipinski definition) is 2. The second-order valence-corrected chi connectivity index (χ2v) is 4.34. The minimum atomic E-state index is 0.817. The van der Waals surface area contributed by atoms with E-state index in [0.29, 0.717) is 0 Å². The van der Waals surface area contributed by atoms with Crippen molar-refractivity contribution in [2.45, 2.75) is 32.4 Å². The number of anilines is 1. The van der Waals surface area contributed by atoms with Crippen LogP contribution >= 0.6 is 0 Å². The monoisotopic (exact) mass is 190 g/mol. The van der Waals surface area contributed by atoms with Crippen molar-refractivity contribution in [1.82, 2.24) is 4.90 Å². The number of aryl methyl sites for hydroxylation is 1. The number of hydrogen-bond donors (Lipinski definition) is 1. The molecule has 0 saturated heterocycles. The molecule has 2 nitrogen and oxygen atoms in total. The van der Waals surface area contributed by atoms with Crippen LogP contribution in [-0.4, -0.2) is 18.0 Å². The van der Waals surface area contributed by atoms with Crippen LogP contribution in [0.2, 0.25) is 0 Å². The van der Waals surface area contributed by atoms with E-state index in [9.17, 15) is 0 Å². The first kappa shape index (κ1) is 9.53. The second kappa shape index (κ2) is 3.62. The third-order valence-corrected chi connectivity index (χ3v) is 2.95. The average Bonchev–Trinajstić information content (AvgIpc) is 2.94. The molecule has 2 heteroatoms. The standard InChI is InChI=1S/C12H18N2/c1-9-3-4-10(7-12(9)13)8-14(2)11-5-6-11/h3-4,7,11H,5-6,8,13H2,1-2H3. The quantitative estimate of drug-likeness (QED) is 0.740. The van der Waals surface area contributed by atoms with Gasteiger partial charge < -0.3 is 5.73 Å². The largest absolute Gasteiger partial charge is 0.399 e. The van der Waals surface area contributed by atoms with Crippen LogP contribution in [0.25, 0.3) is 0 Å². The summed E-state index contributed by atoms with van der Waals surface area (Å²) < 4.78 is 0. The van der Waals surface area contributed by atoms with Crippen LogP contribution in [0.5, 0.6) is 0 Å². The highest BCUT2D eigenvalue weighted by molar-refractivity contribution is 5.48. The molecule has 0 bridgehead atoms. The molecule has 76 valence electrons. The molecule has 0 spiro atoms. The SMILES string of the molecule is Cc1ccc(CN(C)C2CC2)cc1N. The van der Waals surface area contributed by atoms with E-state index in [4.69, 9.17) is 5.73 Å². The van der Waals surface area contributed by atoms with E-state index in [-0.39, 0.29) is 0 Å². The Morgan fingerprint density at radius 3 is 2.71 bits per heavy atom. The van der Waals surface area contributed by atoms with Crippen molar-refractivity contribution < 1.29 is 0 Å². The Bertz CT molecular complexity index is 329. The van der Waals surface area contributed by atoms with Crippen molar-refractivity contribution in [3.8, 4) is 0 Å². The summed E-state index contributed by atoms with van der Waals surface area (Å²) in [5.74, 6) is 0. The van der Waals surface area contributed by atoms with Gasteiger partial charge in [0.2, 0.25) is 0 Å². The van der Waals surface area contributed by atoms with Gasteiger partial charge in [0, 0.05) is 18.3 Å². The fourth-order valence-electron chi connectivity index (χ4n) is 1.72. The molecule has 14 heavy (non-hydrogen) atoms. The van der Waals surface area contributed by atoms with E-state index in [1.807, 2.05) is 6.92 Å². The van der Waals surface area contributed by atoms with Crippen LogP contribution < -0.4 is 5.73 Å². The van der Waals surface area contributed by atoms with Gasteiger partial charge in [0.15, 0.2) is 0 Å². The smallest absolute Gasteiger partial charge is 0.0346 e. The third kappa shape index (κ3) is 2.07. The zero-order valence-corrected chi connectivity index (χ0v) is 8.96. The van der Waals surface area contributed by atoms with Gasteiger partial charge in [0.25, 0.3) is 0 Å². The van der Waals surface area contributed by atoms with Crippen molar-refractivity contribution in [3.63, 3.8) is 0 Å². The van der Waals surface area contributed by atoms with Crippen molar-refractivity contribution >= 4 is 5.69 Å². The lowest BCUT2D eigenvalue weighted by Crippen LogP contribution is -2.19. The Morgan fingerprint density at radius 1 is 1.43 bits per heavy atom. The molecule has 1 aliphatic carbocycles. The lowest BCUT2D eigenvalue weighted by Gasteiger charge is -2.16. The maximum absolute atomic E-state index is 5.87. The first-order valence-corrected chi connectivity index (χ1v) is 5.22. The summed E-state index contributed by atoms with van der Waals surface area (Å²) in [5, 5.41) is 0. The summed E-state index contributed by atoms with van der Waals surface area (Å²) in [4.78, 5) is 2.41. The topological polar surface area (TPSA) is 29.3 Å². The number of nitrogens with zero attached hydrogens (tertiary/aromatic N) is 1. The highest BCUT2D eigenvalue weighted by Crippen LogP contribution is 2.27. The van der Waals surface area contributed by atoms with Crippen molar-refractivity contribution in [2.24, 2.45) is 0 Å². The molecule has 0 aliphatic heterocycles. The van der Waals surface area contributed by atoms with E-state index >= 15 is 0 Å². The van der Waals surface area contributed by atoms with Gasteiger partial charge in [-0.2, -0.15) is 0 Å². The molecule has 1 saturated carbocycles. The minimum Gasteiger partial charge on any atom is -0.399 e. The lowest BCUT2D eigenvalue weighted by atomic mass is 10.1. The molecule has 0 amide bonds. The summed E-state index contributed by atoms with van der Waals surface area (Å²) in [6.07, 6.45) is 2.72. The van der Waals surface area contributed by atoms with Gasteiger partial charge in [0.05, 0.1) is 0 Å². The van der Waals surface area contributed by atoms with Gasteiger partial charge >= 0.3 is 0 Å². The third-order valence-electron chi connectivity index (χ3n) is 2.95. The first-order chi connectivity index (χ1) is 6.66. The molecule has 1 aromatic rings. The van der Waals surface area contributed by atoms with E-state index < -0.39 is 0 Å². The summed E-state index contributed by atoms with van der Waals surface area (Å²) in [6.45, 7) is 3.07. The fourth-order valence-corrected chi connectivity index (χ4v) is 1.72. The van der Waals surface area contributed by atoms with E-state index in [2.05, 4.69) is 30.1 Å². The number of nitrogens with two attached hydrogens (primary N) is 1. The Balaban J connectivity index is 2.04. The summed E-state index contributed by atoms with van der Waals surface area (Å²) in [7, 11) is 2.19. The Hall–Kier alpha value is -1.02. The van der Waals surface area contributed by atoms with E-state index in [1.165, 1.54) is 24.0 Å². The molecular formula is C12H18N2. The van der Waals surface area contributed by atoms with Crippen LogP contribution in [0.3, 0.4) is 0 Å². The summed E-state index contributed by atoms with van der Waals surface area (Å²) in [6, 6.07) is 7.18. The van der Waals surface area contributed by atoms with Crippen LogP contribution in [0.15, 0.2) is 18.2 Å². The van der Waals surface area contributed by atoms with Crippen molar-refractivity contribution in [1.29, 1.82) is 0 Å². The van der Waals surface area contributed by atoms with Gasteiger partial charge in [-0.25, -0.2) is 0 Å². The predicted octanol–water partition coefficient (Wildman–Crippen LogP) is 2.17. The summed E-state index contributed by atoms with van der Waals surface area (Å²) in [5.41, 5.74) is 9.27. The molecule has 1 fully saturated rings.